The second-order valence-electron chi connectivity index (χ2n) is 4.05. The highest BCUT2D eigenvalue weighted by atomic mass is 16.7. The molecule has 20 heavy (non-hydrogen) atoms. The molecule has 5 nitrogen and oxygen atoms in total. The summed E-state index contributed by atoms with van der Waals surface area (Å²) in [6.45, 7) is 9.13. The topological polar surface area (TPSA) is 90.7 Å². The molecule has 1 aromatic carbocycles. The van der Waals surface area contributed by atoms with Gasteiger partial charge in [0.1, 0.15) is 5.84 Å². The number of rotatable bonds is 3. The van der Waals surface area contributed by atoms with Gasteiger partial charge in [0, 0.05) is 6.92 Å². The lowest BCUT2D eigenvalue weighted by atomic mass is 9.84. The molecule has 0 amide bonds. The van der Waals surface area contributed by atoms with Crippen LogP contribution in [0.25, 0.3) is 0 Å². The minimum atomic E-state index is -0.480. The monoisotopic (exact) mass is 281 g/mol. The third-order valence-electron chi connectivity index (χ3n) is 2.41. The molecule has 0 saturated heterocycles. The molecule has 0 aromatic heterocycles. The molecule has 0 aliphatic rings. The Morgan fingerprint density at radius 2 is 1.60 bits per heavy atom. The number of hydrogen-bond donors (Lipinski definition) is 2. The van der Waals surface area contributed by atoms with Crippen LogP contribution in [0.4, 0.5) is 0 Å². The Morgan fingerprint density at radius 3 is 2.00 bits per heavy atom. The van der Waals surface area contributed by atoms with Crippen molar-refractivity contribution < 1.29 is 9.63 Å². The maximum absolute atomic E-state index is 10.6. The summed E-state index contributed by atoms with van der Waals surface area (Å²) in [7, 11) is 1.50. The molecule has 0 heterocycles. The van der Waals surface area contributed by atoms with Crippen molar-refractivity contribution in [1.29, 1.82) is 0 Å². The smallest absolute Gasteiger partial charge is 0.332 e. The van der Waals surface area contributed by atoms with E-state index in [0.717, 1.165) is 5.56 Å². The van der Waals surface area contributed by atoms with Crippen molar-refractivity contribution in [2.75, 3.05) is 7.05 Å². The van der Waals surface area contributed by atoms with Crippen LogP contribution in [-0.2, 0) is 15.0 Å². The van der Waals surface area contributed by atoms with Crippen molar-refractivity contribution in [2.24, 2.45) is 16.6 Å². The lowest BCUT2D eigenvalue weighted by molar-refractivity contribution is -0.141. The molecule has 0 spiro atoms. The Balaban J connectivity index is 0. The van der Waals surface area contributed by atoms with Crippen molar-refractivity contribution in [2.45, 2.75) is 40.0 Å². The molecular formula is C15H27N3O2. The van der Waals surface area contributed by atoms with Crippen LogP contribution in [0.5, 0.6) is 0 Å². The first kappa shape index (κ1) is 20.4. The van der Waals surface area contributed by atoms with E-state index in [2.05, 4.69) is 15.7 Å². The molecule has 0 aliphatic carbocycles. The molecule has 0 bridgehead atoms. The fourth-order valence-corrected chi connectivity index (χ4v) is 1.23. The Kier molecular flexibility index (Phi) is 11.2. The number of hydrogen-bond acceptors (Lipinski definition) is 4. The van der Waals surface area contributed by atoms with E-state index in [-0.39, 0.29) is 5.84 Å². The Labute approximate surface area is 122 Å². The lowest BCUT2D eigenvalue weighted by Crippen LogP contribution is -2.36. The Bertz CT molecular complexity index is 401. The van der Waals surface area contributed by atoms with Gasteiger partial charge >= 0.3 is 5.97 Å². The fourth-order valence-electron chi connectivity index (χ4n) is 1.23. The summed E-state index contributed by atoms with van der Waals surface area (Å²) in [4.78, 5) is 15.2. The zero-order valence-corrected chi connectivity index (χ0v) is 13.3. The summed E-state index contributed by atoms with van der Waals surface area (Å²) >= 11 is 0. The molecule has 114 valence electrons. The van der Waals surface area contributed by atoms with Crippen molar-refractivity contribution in [1.82, 2.24) is 0 Å². The summed E-state index contributed by atoms with van der Waals surface area (Å²) in [5, 5.41) is 3.62. The third kappa shape index (κ3) is 6.89. The quantitative estimate of drug-likeness (QED) is 0.385. The first-order valence-electron chi connectivity index (χ1n) is 6.59. The maximum atomic E-state index is 10.6. The fraction of sp³-hybridized carbons (Fsp3) is 0.467. The highest BCUT2D eigenvalue weighted by Crippen LogP contribution is 2.22. The predicted octanol–water partition coefficient (Wildman–Crippen LogP) is 2.40. The van der Waals surface area contributed by atoms with Crippen LogP contribution in [-0.4, -0.2) is 18.9 Å². The standard InChI is InChI=1S/C12H16N2O2.C2H6.CH5N/c1-9(15)16-14-11(13)12(2,3)10-7-5-4-6-8-10;2*1-2/h4-8H,1-3H3,(H2,13,14);1-2H3;2H2,1H3. The van der Waals surface area contributed by atoms with Gasteiger partial charge in [-0.25, -0.2) is 4.79 Å². The Hall–Kier alpha value is -1.88. The van der Waals surface area contributed by atoms with E-state index in [9.17, 15) is 4.79 Å². The third-order valence-corrected chi connectivity index (χ3v) is 2.41. The van der Waals surface area contributed by atoms with Crippen molar-refractivity contribution in [3.63, 3.8) is 0 Å². The summed E-state index contributed by atoms with van der Waals surface area (Å²) in [5.41, 5.74) is 10.9. The zero-order valence-electron chi connectivity index (χ0n) is 13.3. The molecule has 0 atom stereocenters. The minimum absolute atomic E-state index is 0.272. The molecule has 0 aliphatic heterocycles. The van der Waals surface area contributed by atoms with Crippen LogP contribution in [0, 0.1) is 0 Å². The van der Waals surface area contributed by atoms with Gasteiger partial charge in [0.2, 0.25) is 0 Å². The molecule has 4 N–H and O–H groups in total. The average molecular weight is 281 g/mol. The van der Waals surface area contributed by atoms with Gasteiger partial charge in [-0.3, -0.25) is 0 Å². The van der Waals surface area contributed by atoms with E-state index in [1.807, 2.05) is 58.0 Å². The van der Waals surface area contributed by atoms with Gasteiger partial charge < -0.3 is 16.3 Å². The van der Waals surface area contributed by atoms with Crippen LogP contribution in [0.15, 0.2) is 35.5 Å². The highest BCUT2D eigenvalue weighted by Gasteiger charge is 2.25. The van der Waals surface area contributed by atoms with Gasteiger partial charge in [0.05, 0.1) is 5.41 Å². The number of carbonyl (C=O) groups is 1. The van der Waals surface area contributed by atoms with Crippen molar-refractivity contribution in [3.8, 4) is 0 Å². The SMILES string of the molecule is CC.CC(=O)O/N=C(/N)C(C)(C)c1ccccc1.CN. The molecule has 1 aromatic rings. The Morgan fingerprint density at radius 1 is 1.15 bits per heavy atom. The van der Waals surface area contributed by atoms with Gasteiger partial charge in [0.15, 0.2) is 0 Å². The van der Waals surface area contributed by atoms with Crippen molar-refractivity contribution >= 4 is 11.8 Å². The van der Waals surface area contributed by atoms with Gasteiger partial charge in [0.25, 0.3) is 0 Å². The van der Waals surface area contributed by atoms with E-state index >= 15 is 0 Å². The summed E-state index contributed by atoms with van der Waals surface area (Å²) < 4.78 is 0. The molecule has 0 fully saturated rings. The molecule has 0 radical (unpaired) electrons. The van der Waals surface area contributed by atoms with E-state index in [0.29, 0.717) is 0 Å². The van der Waals surface area contributed by atoms with Gasteiger partial charge in [-0.15, -0.1) is 0 Å². The van der Waals surface area contributed by atoms with Crippen LogP contribution in [0.1, 0.15) is 40.2 Å². The maximum Gasteiger partial charge on any atom is 0.332 e. The number of carbonyl (C=O) groups excluding carboxylic acids is 1. The minimum Gasteiger partial charge on any atom is -0.384 e. The van der Waals surface area contributed by atoms with Crippen LogP contribution < -0.4 is 11.5 Å². The van der Waals surface area contributed by atoms with E-state index in [4.69, 9.17) is 5.73 Å². The number of amidine groups is 1. The zero-order chi connectivity index (χ0) is 16.2. The number of benzene rings is 1. The average Bonchev–Trinajstić information content (AvgIpc) is 2.49. The number of oxime groups is 1. The normalized spacial score (nSPS) is 10.4. The molecule has 0 saturated carbocycles. The molecule has 0 unspecified atom stereocenters. The second kappa shape index (κ2) is 11.0. The predicted molar refractivity (Wildman–Crippen MR) is 84.3 cm³/mol. The number of nitrogens with zero attached hydrogens (tertiary/aromatic N) is 1. The van der Waals surface area contributed by atoms with E-state index in [1.165, 1.54) is 14.0 Å². The second-order valence-corrected chi connectivity index (χ2v) is 4.05. The van der Waals surface area contributed by atoms with Crippen LogP contribution >= 0.6 is 0 Å². The van der Waals surface area contributed by atoms with Gasteiger partial charge in [-0.05, 0) is 26.5 Å². The highest BCUT2D eigenvalue weighted by molar-refractivity contribution is 5.90. The van der Waals surface area contributed by atoms with Gasteiger partial charge in [-0.2, -0.15) is 0 Å². The van der Waals surface area contributed by atoms with E-state index < -0.39 is 11.4 Å². The first-order valence-corrected chi connectivity index (χ1v) is 6.59. The lowest BCUT2D eigenvalue weighted by Gasteiger charge is -2.23. The first-order chi connectivity index (χ1) is 9.44. The molecule has 1 rings (SSSR count). The summed E-state index contributed by atoms with van der Waals surface area (Å²) in [6, 6.07) is 9.69. The largest absolute Gasteiger partial charge is 0.384 e. The van der Waals surface area contributed by atoms with E-state index in [1.54, 1.807) is 0 Å². The van der Waals surface area contributed by atoms with Crippen LogP contribution in [0.2, 0.25) is 0 Å². The van der Waals surface area contributed by atoms with Gasteiger partial charge in [-0.1, -0.05) is 49.3 Å². The van der Waals surface area contributed by atoms with Crippen molar-refractivity contribution in [3.05, 3.63) is 35.9 Å². The number of nitrogens with two attached hydrogens (primary N) is 2. The summed E-state index contributed by atoms with van der Waals surface area (Å²) in [5.74, 6) is -0.208. The summed E-state index contributed by atoms with van der Waals surface area (Å²) in [6.07, 6.45) is 0. The molecular weight excluding hydrogens is 254 g/mol. The van der Waals surface area contributed by atoms with Crippen LogP contribution in [0.3, 0.4) is 0 Å². The molecule has 5 heteroatoms.